The van der Waals surface area contributed by atoms with E-state index in [1.54, 1.807) is 43.3 Å². The Hall–Kier alpha value is -2.41. The number of benzene rings is 1. The van der Waals surface area contributed by atoms with Crippen molar-refractivity contribution < 1.29 is 13.6 Å². The van der Waals surface area contributed by atoms with E-state index in [1.165, 1.54) is 6.07 Å². The molecule has 3 fully saturated rings. The lowest BCUT2D eigenvalue weighted by atomic mass is 9.71. The van der Waals surface area contributed by atoms with Gasteiger partial charge in [-0.2, -0.15) is 0 Å². The van der Waals surface area contributed by atoms with Crippen LogP contribution >= 0.6 is 0 Å². The van der Waals surface area contributed by atoms with Crippen molar-refractivity contribution in [3.63, 3.8) is 0 Å². The molecule has 178 valence electrons. The molecule has 0 bridgehead atoms. The number of hydrogen-bond acceptors (Lipinski definition) is 3. The molecule has 0 radical (unpaired) electrons. The zero-order valence-electron chi connectivity index (χ0n) is 19.6. The SMILES string of the molecule is CN(C)C(=O)N1CC2(CCN(C3CCN(c4cccc(F)c4)CC3)CC2)C2=CC(F)=CCC21. The molecular weight excluding hydrogens is 422 g/mol. The molecule has 3 saturated heterocycles. The highest BCUT2D eigenvalue weighted by molar-refractivity contribution is 5.76. The van der Waals surface area contributed by atoms with E-state index < -0.39 is 0 Å². The molecule has 3 heterocycles. The van der Waals surface area contributed by atoms with Gasteiger partial charge in [-0.05, 0) is 81.1 Å². The third-order valence-electron chi connectivity index (χ3n) is 8.19. The van der Waals surface area contributed by atoms with Crippen molar-refractivity contribution >= 4 is 11.7 Å². The molecule has 1 aromatic carbocycles. The maximum Gasteiger partial charge on any atom is 0.320 e. The largest absolute Gasteiger partial charge is 0.371 e. The number of halogens is 2. The third-order valence-corrected chi connectivity index (χ3v) is 8.19. The number of amides is 2. The zero-order valence-corrected chi connectivity index (χ0v) is 19.6. The van der Waals surface area contributed by atoms with E-state index in [0.29, 0.717) is 19.0 Å². The molecule has 2 amide bonds. The monoisotopic (exact) mass is 456 g/mol. The first-order valence-electron chi connectivity index (χ1n) is 12.2. The van der Waals surface area contributed by atoms with Gasteiger partial charge in [0.25, 0.3) is 0 Å². The summed E-state index contributed by atoms with van der Waals surface area (Å²) in [4.78, 5) is 21.3. The van der Waals surface area contributed by atoms with Gasteiger partial charge in [-0.15, -0.1) is 0 Å². The highest BCUT2D eigenvalue weighted by atomic mass is 19.1. The van der Waals surface area contributed by atoms with Crippen molar-refractivity contribution in [2.24, 2.45) is 5.41 Å². The van der Waals surface area contributed by atoms with E-state index in [1.807, 2.05) is 11.0 Å². The summed E-state index contributed by atoms with van der Waals surface area (Å²) in [6.07, 6.45) is 7.96. The fourth-order valence-corrected chi connectivity index (χ4v) is 6.37. The summed E-state index contributed by atoms with van der Waals surface area (Å²) in [6, 6.07) is 7.40. The molecule has 1 spiro atoms. The number of carbonyl (C=O) groups excluding carboxylic acids is 1. The van der Waals surface area contributed by atoms with Crippen LogP contribution in [0.5, 0.6) is 0 Å². The van der Waals surface area contributed by atoms with Crippen LogP contribution < -0.4 is 4.90 Å². The van der Waals surface area contributed by atoms with Crippen LogP contribution in [-0.2, 0) is 0 Å². The first kappa shape index (κ1) is 22.4. The molecule has 0 N–H and O–H groups in total. The molecule has 7 heteroatoms. The number of fused-ring (bicyclic) bond motifs is 2. The van der Waals surface area contributed by atoms with Crippen molar-refractivity contribution in [3.8, 4) is 0 Å². The number of hydrogen-bond donors (Lipinski definition) is 0. The summed E-state index contributed by atoms with van der Waals surface area (Å²) in [5, 5.41) is 0. The summed E-state index contributed by atoms with van der Waals surface area (Å²) >= 11 is 0. The van der Waals surface area contributed by atoms with Crippen molar-refractivity contribution in [3.05, 3.63) is 53.6 Å². The van der Waals surface area contributed by atoms with Crippen molar-refractivity contribution in [1.82, 2.24) is 14.7 Å². The molecule has 3 aliphatic heterocycles. The number of carbonyl (C=O) groups is 1. The Bertz CT molecular complexity index is 959. The molecule has 1 atom stereocenters. The summed E-state index contributed by atoms with van der Waals surface area (Å²) in [7, 11) is 3.57. The van der Waals surface area contributed by atoms with E-state index in [4.69, 9.17) is 0 Å². The molecule has 5 nitrogen and oxygen atoms in total. The van der Waals surface area contributed by atoms with E-state index in [2.05, 4.69) is 9.80 Å². The quantitative estimate of drug-likeness (QED) is 0.660. The third kappa shape index (κ3) is 4.16. The van der Waals surface area contributed by atoms with Crippen LogP contribution in [0.4, 0.5) is 19.3 Å². The lowest BCUT2D eigenvalue weighted by molar-refractivity contribution is 0.0810. The first-order chi connectivity index (χ1) is 15.9. The second kappa shape index (κ2) is 8.75. The normalized spacial score (nSPS) is 25.6. The average molecular weight is 457 g/mol. The number of urea groups is 1. The first-order valence-corrected chi connectivity index (χ1v) is 12.2. The summed E-state index contributed by atoms with van der Waals surface area (Å²) in [5.41, 5.74) is 1.98. The minimum absolute atomic E-state index is 0.0135. The van der Waals surface area contributed by atoms with Crippen LogP contribution in [-0.4, -0.2) is 79.6 Å². The van der Waals surface area contributed by atoms with Gasteiger partial charge in [0.15, 0.2) is 0 Å². The number of rotatable bonds is 2. The lowest BCUT2D eigenvalue weighted by Gasteiger charge is -2.46. The van der Waals surface area contributed by atoms with Crippen LogP contribution in [0.2, 0.25) is 0 Å². The number of nitrogens with zero attached hydrogens (tertiary/aromatic N) is 4. The molecule has 4 aliphatic rings. The fourth-order valence-electron chi connectivity index (χ4n) is 6.37. The molecule has 1 aliphatic carbocycles. The highest BCUT2D eigenvalue weighted by Gasteiger charge is 2.52. The Morgan fingerprint density at radius 3 is 2.48 bits per heavy atom. The van der Waals surface area contributed by atoms with Crippen LogP contribution in [0.15, 0.2) is 47.8 Å². The predicted molar refractivity (Wildman–Crippen MR) is 126 cm³/mol. The van der Waals surface area contributed by atoms with Crippen LogP contribution in [0.1, 0.15) is 32.1 Å². The second-order valence-electron chi connectivity index (χ2n) is 10.3. The molecule has 1 unspecified atom stereocenters. The summed E-state index contributed by atoms with van der Waals surface area (Å²) in [6.45, 7) is 4.51. The van der Waals surface area contributed by atoms with Gasteiger partial charge in [0.05, 0.1) is 6.04 Å². The van der Waals surface area contributed by atoms with Crippen molar-refractivity contribution in [2.45, 2.75) is 44.2 Å². The molecule has 1 aromatic rings. The van der Waals surface area contributed by atoms with E-state index in [-0.39, 0.29) is 29.1 Å². The van der Waals surface area contributed by atoms with Gasteiger partial charge in [0.1, 0.15) is 11.6 Å². The molecular formula is C26H34F2N4O. The zero-order chi connectivity index (χ0) is 23.2. The van der Waals surface area contributed by atoms with Gasteiger partial charge in [0, 0.05) is 50.9 Å². The van der Waals surface area contributed by atoms with Crippen LogP contribution in [0.25, 0.3) is 0 Å². The second-order valence-corrected chi connectivity index (χ2v) is 10.3. The van der Waals surface area contributed by atoms with Crippen molar-refractivity contribution in [1.29, 1.82) is 0 Å². The van der Waals surface area contributed by atoms with Gasteiger partial charge < -0.3 is 19.6 Å². The molecule has 33 heavy (non-hydrogen) atoms. The Morgan fingerprint density at radius 1 is 1.09 bits per heavy atom. The Kier molecular flexibility index (Phi) is 5.93. The number of allylic oxidation sites excluding steroid dienone is 2. The van der Waals surface area contributed by atoms with E-state index in [9.17, 15) is 13.6 Å². The number of likely N-dealkylation sites (tertiary alicyclic amines) is 2. The summed E-state index contributed by atoms with van der Waals surface area (Å²) in [5.74, 6) is -0.345. The minimum atomic E-state index is -0.184. The topological polar surface area (TPSA) is 30.0 Å². The smallest absolute Gasteiger partial charge is 0.320 e. The Morgan fingerprint density at radius 2 is 1.82 bits per heavy atom. The number of anilines is 1. The highest BCUT2D eigenvalue weighted by Crippen LogP contribution is 2.51. The van der Waals surface area contributed by atoms with Gasteiger partial charge in [0.2, 0.25) is 0 Å². The van der Waals surface area contributed by atoms with Gasteiger partial charge in [-0.25, -0.2) is 13.6 Å². The van der Waals surface area contributed by atoms with Gasteiger partial charge in [-0.1, -0.05) is 6.07 Å². The molecule has 0 aromatic heterocycles. The Labute approximate surface area is 195 Å². The van der Waals surface area contributed by atoms with Crippen molar-refractivity contribution in [2.75, 3.05) is 51.7 Å². The van der Waals surface area contributed by atoms with Gasteiger partial charge in [-0.3, -0.25) is 0 Å². The van der Waals surface area contributed by atoms with E-state index >= 15 is 0 Å². The molecule has 5 rings (SSSR count). The van der Waals surface area contributed by atoms with Crippen LogP contribution in [0.3, 0.4) is 0 Å². The fraction of sp³-hybridized carbons (Fsp3) is 0.577. The van der Waals surface area contributed by atoms with E-state index in [0.717, 1.165) is 63.1 Å². The molecule has 0 saturated carbocycles. The predicted octanol–water partition coefficient (Wildman–Crippen LogP) is 4.43. The minimum Gasteiger partial charge on any atom is -0.371 e. The maximum atomic E-state index is 14.2. The maximum absolute atomic E-state index is 14.2. The Balaban J connectivity index is 1.24. The average Bonchev–Trinajstić information content (AvgIpc) is 3.12. The standard InChI is InChI=1S/C26H34F2N4O/c1-29(2)25(33)32-18-26(23-17-20(28)6-7-24(23)32)10-14-31(15-11-26)21-8-12-30(13-9-21)22-5-3-4-19(27)16-22/h3-6,16-17,21,24H,7-15,18H2,1-2H3. The lowest BCUT2D eigenvalue weighted by Crippen LogP contribution is -2.50. The van der Waals surface area contributed by atoms with Gasteiger partial charge >= 0.3 is 6.03 Å². The number of piperidine rings is 2. The summed E-state index contributed by atoms with van der Waals surface area (Å²) < 4.78 is 27.9. The van der Waals surface area contributed by atoms with Crippen LogP contribution in [0, 0.1) is 11.2 Å².